The molecule has 0 N–H and O–H groups in total. The number of rotatable bonds is 2. The molecule has 1 saturated carbocycles. The van der Waals surface area contributed by atoms with Crippen molar-refractivity contribution in [3.8, 4) is 0 Å². The van der Waals surface area contributed by atoms with E-state index in [0.29, 0.717) is 5.92 Å². The lowest BCUT2D eigenvalue weighted by Gasteiger charge is -1.78. The molecule has 0 bridgehead atoms. The zero-order chi connectivity index (χ0) is 5.28. The minimum absolute atomic E-state index is 0.435. The molecule has 1 aliphatic rings. The van der Waals surface area contributed by atoms with E-state index >= 15 is 0 Å². The van der Waals surface area contributed by atoms with Gasteiger partial charge in [-0.25, -0.2) is 0 Å². The van der Waals surface area contributed by atoms with Crippen molar-refractivity contribution in [3.05, 3.63) is 0 Å². The van der Waals surface area contributed by atoms with Crippen molar-refractivity contribution in [2.45, 2.75) is 19.8 Å². The lowest BCUT2D eigenvalue weighted by molar-refractivity contribution is -0.109. The molecule has 7 heavy (non-hydrogen) atoms. The zero-order valence-electron chi connectivity index (χ0n) is 4.55. The predicted molar refractivity (Wildman–Crippen MR) is 28.0 cm³/mol. The van der Waals surface area contributed by atoms with Crippen molar-refractivity contribution < 1.29 is 4.79 Å². The molecule has 1 aliphatic carbocycles. The number of carbonyl (C=O) groups is 1. The molecule has 1 nitrogen and oxygen atoms in total. The maximum atomic E-state index is 9.94. The van der Waals surface area contributed by atoms with Crippen LogP contribution in [-0.2, 0) is 4.79 Å². The van der Waals surface area contributed by atoms with Gasteiger partial charge >= 0.3 is 0 Å². The second-order valence-electron chi connectivity index (χ2n) is 2.20. The van der Waals surface area contributed by atoms with Gasteiger partial charge in [0.15, 0.2) is 0 Å². The molecule has 1 rings (SSSR count). The molecule has 2 atom stereocenters. The van der Waals surface area contributed by atoms with E-state index in [9.17, 15) is 4.79 Å². The largest absolute Gasteiger partial charge is 0.303 e. The number of carbonyl (C=O) groups excluding carboxylic acids is 1. The van der Waals surface area contributed by atoms with Gasteiger partial charge in [-0.2, -0.15) is 0 Å². The maximum absolute atomic E-state index is 9.94. The normalized spacial score (nSPS) is 37.9. The monoisotopic (exact) mass is 98.1 g/mol. The van der Waals surface area contributed by atoms with Crippen molar-refractivity contribution in [2.24, 2.45) is 11.8 Å². The first kappa shape index (κ1) is 4.82. The summed E-state index contributed by atoms with van der Waals surface area (Å²) in [4.78, 5) is 9.94. The van der Waals surface area contributed by atoms with Crippen LogP contribution in [0.3, 0.4) is 0 Å². The average Bonchev–Trinajstić information content (AvgIpc) is 2.43. The fraction of sp³-hybridized carbons (Fsp3) is 0.833. The summed E-state index contributed by atoms with van der Waals surface area (Å²) >= 11 is 0. The third-order valence-electron chi connectivity index (χ3n) is 1.68. The highest BCUT2D eigenvalue weighted by molar-refractivity contribution is 5.57. The molecule has 1 heteroatoms. The summed E-state index contributed by atoms with van der Waals surface area (Å²) in [6.07, 6.45) is 3.41. The van der Waals surface area contributed by atoms with Gasteiger partial charge < -0.3 is 4.79 Å². The molecule has 0 heterocycles. The summed E-state index contributed by atoms with van der Waals surface area (Å²) in [7, 11) is 0. The van der Waals surface area contributed by atoms with Crippen LogP contribution in [0.5, 0.6) is 0 Å². The molecule has 0 saturated heterocycles. The van der Waals surface area contributed by atoms with Crippen LogP contribution in [-0.4, -0.2) is 6.29 Å². The molecule has 0 unspecified atom stereocenters. The van der Waals surface area contributed by atoms with E-state index in [0.717, 1.165) is 18.6 Å². The summed E-state index contributed by atoms with van der Waals surface area (Å²) in [5.74, 6) is 1.18. The van der Waals surface area contributed by atoms with Crippen molar-refractivity contribution in [3.63, 3.8) is 0 Å². The van der Waals surface area contributed by atoms with Gasteiger partial charge in [-0.05, 0) is 12.3 Å². The molecule has 40 valence electrons. The standard InChI is InChI=1S/C6H10O/c1-2-5-3-6(5)4-7/h4-6H,2-3H2,1H3/t5-,6-/m1/s1. The van der Waals surface area contributed by atoms with Crippen LogP contribution in [0.4, 0.5) is 0 Å². The van der Waals surface area contributed by atoms with Gasteiger partial charge in [0, 0.05) is 5.92 Å². The molecule has 0 aromatic heterocycles. The highest BCUT2D eigenvalue weighted by Crippen LogP contribution is 2.38. The summed E-state index contributed by atoms with van der Waals surface area (Å²) in [6, 6.07) is 0. The second kappa shape index (κ2) is 1.65. The topological polar surface area (TPSA) is 17.1 Å². The summed E-state index contributed by atoms with van der Waals surface area (Å²) in [5.41, 5.74) is 0. The van der Waals surface area contributed by atoms with E-state index in [1.165, 1.54) is 6.42 Å². The molecule has 0 aromatic carbocycles. The molecule has 0 aliphatic heterocycles. The third kappa shape index (κ3) is 0.817. The first-order chi connectivity index (χ1) is 3.38. The van der Waals surface area contributed by atoms with E-state index in [4.69, 9.17) is 0 Å². The van der Waals surface area contributed by atoms with E-state index in [1.807, 2.05) is 0 Å². The van der Waals surface area contributed by atoms with E-state index in [-0.39, 0.29) is 0 Å². The Morgan fingerprint density at radius 3 is 2.71 bits per heavy atom. The second-order valence-corrected chi connectivity index (χ2v) is 2.20. The zero-order valence-corrected chi connectivity index (χ0v) is 4.55. The average molecular weight is 98.1 g/mol. The molecule has 0 aromatic rings. The Balaban J connectivity index is 2.17. The summed E-state index contributed by atoms with van der Waals surface area (Å²) in [5, 5.41) is 0. The van der Waals surface area contributed by atoms with Gasteiger partial charge in [0.2, 0.25) is 0 Å². The molecular weight excluding hydrogens is 88.1 g/mol. The SMILES string of the molecule is CC[C@@H]1C[C@@H]1C=O. The van der Waals surface area contributed by atoms with Crippen molar-refractivity contribution in [1.82, 2.24) is 0 Å². The fourth-order valence-electron chi connectivity index (χ4n) is 0.907. The lowest BCUT2D eigenvalue weighted by Crippen LogP contribution is -1.78. The highest BCUT2D eigenvalue weighted by Gasteiger charge is 2.34. The molecule has 0 amide bonds. The van der Waals surface area contributed by atoms with Crippen LogP contribution < -0.4 is 0 Å². The first-order valence-electron chi connectivity index (χ1n) is 2.83. The van der Waals surface area contributed by atoms with Crippen LogP contribution in [0.2, 0.25) is 0 Å². The predicted octanol–water partition coefficient (Wildman–Crippen LogP) is 1.23. The Morgan fingerprint density at radius 2 is 2.57 bits per heavy atom. The lowest BCUT2D eigenvalue weighted by atomic mass is 10.3. The van der Waals surface area contributed by atoms with Gasteiger partial charge in [-0.3, -0.25) is 0 Å². The van der Waals surface area contributed by atoms with E-state index in [1.54, 1.807) is 0 Å². The first-order valence-corrected chi connectivity index (χ1v) is 2.83. The minimum Gasteiger partial charge on any atom is -0.303 e. The van der Waals surface area contributed by atoms with Gasteiger partial charge in [0.25, 0.3) is 0 Å². The number of hydrogen-bond acceptors (Lipinski definition) is 1. The fourth-order valence-corrected chi connectivity index (χ4v) is 0.907. The minimum atomic E-state index is 0.435. The summed E-state index contributed by atoms with van der Waals surface area (Å²) in [6.45, 7) is 2.13. The Bertz CT molecular complexity index is 78.2. The quantitative estimate of drug-likeness (QED) is 0.475. The Kier molecular flexibility index (Phi) is 1.13. The number of hydrogen-bond donors (Lipinski definition) is 0. The highest BCUT2D eigenvalue weighted by atomic mass is 16.1. The van der Waals surface area contributed by atoms with Crippen LogP contribution in [0.15, 0.2) is 0 Å². The maximum Gasteiger partial charge on any atom is 0.123 e. The van der Waals surface area contributed by atoms with Gasteiger partial charge in [0.05, 0.1) is 0 Å². The van der Waals surface area contributed by atoms with Crippen LogP contribution in [0, 0.1) is 11.8 Å². The molecular formula is C6H10O. The summed E-state index contributed by atoms with van der Waals surface area (Å²) < 4.78 is 0. The Hall–Kier alpha value is -0.330. The van der Waals surface area contributed by atoms with Crippen LogP contribution >= 0.6 is 0 Å². The molecule has 0 radical (unpaired) electrons. The van der Waals surface area contributed by atoms with Crippen LogP contribution in [0.25, 0.3) is 0 Å². The van der Waals surface area contributed by atoms with Gasteiger partial charge in [0.1, 0.15) is 6.29 Å². The third-order valence-corrected chi connectivity index (χ3v) is 1.68. The van der Waals surface area contributed by atoms with Crippen molar-refractivity contribution >= 4 is 6.29 Å². The van der Waals surface area contributed by atoms with Crippen molar-refractivity contribution in [2.75, 3.05) is 0 Å². The number of aldehydes is 1. The van der Waals surface area contributed by atoms with Gasteiger partial charge in [-0.15, -0.1) is 0 Å². The van der Waals surface area contributed by atoms with Crippen LogP contribution in [0.1, 0.15) is 19.8 Å². The van der Waals surface area contributed by atoms with Crippen molar-refractivity contribution in [1.29, 1.82) is 0 Å². The Labute approximate surface area is 43.7 Å². The Morgan fingerprint density at radius 1 is 1.86 bits per heavy atom. The molecule has 0 spiro atoms. The van der Waals surface area contributed by atoms with Gasteiger partial charge in [-0.1, -0.05) is 13.3 Å². The van der Waals surface area contributed by atoms with E-state index in [2.05, 4.69) is 6.92 Å². The smallest absolute Gasteiger partial charge is 0.123 e. The van der Waals surface area contributed by atoms with E-state index < -0.39 is 0 Å². The molecule has 1 fully saturated rings.